The molecule has 0 spiro atoms. The number of β-amino-alcohol motifs (C(OH)–C–C–N with tert-alkyl or cyclic N) is 1. The summed E-state index contributed by atoms with van der Waals surface area (Å²) >= 11 is 7.31. The van der Waals surface area contributed by atoms with Crippen LogP contribution in [-0.2, 0) is 20.9 Å². The number of aliphatic hydroxyl groups is 1. The molecular weight excluding hydrogens is 592 g/mol. The highest BCUT2D eigenvalue weighted by molar-refractivity contribution is 7.13. The largest absolute Gasteiger partial charge is 0.475 e. The van der Waals surface area contributed by atoms with Crippen molar-refractivity contribution < 1.29 is 24.2 Å². The molecule has 3 atom stereocenters. The average Bonchev–Trinajstić information content (AvgIpc) is 3.56. The molecule has 2 aromatic heterocycles. The predicted molar refractivity (Wildman–Crippen MR) is 163 cm³/mol. The molecule has 3 amide bonds. The molecule has 230 valence electrons. The van der Waals surface area contributed by atoms with Gasteiger partial charge in [0, 0.05) is 19.5 Å². The zero-order valence-electron chi connectivity index (χ0n) is 25.1. The van der Waals surface area contributed by atoms with Crippen LogP contribution in [-0.4, -0.2) is 73.0 Å². The lowest BCUT2D eigenvalue weighted by atomic mass is 9.85. The van der Waals surface area contributed by atoms with Crippen LogP contribution in [0.5, 0.6) is 5.75 Å². The summed E-state index contributed by atoms with van der Waals surface area (Å²) < 4.78 is 5.79. The summed E-state index contributed by atoms with van der Waals surface area (Å²) in [5, 5.41) is 16.2. The minimum atomic E-state index is -1.39. The first-order valence-electron chi connectivity index (χ1n) is 13.9. The molecule has 4 rings (SSSR count). The summed E-state index contributed by atoms with van der Waals surface area (Å²) in [6.45, 7) is 10.8. The minimum Gasteiger partial charge on any atom is -0.475 e. The van der Waals surface area contributed by atoms with E-state index in [1.165, 1.54) is 17.3 Å². The average molecular weight is 629 g/mol. The van der Waals surface area contributed by atoms with Gasteiger partial charge in [0.15, 0.2) is 11.4 Å². The van der Waals surface area contributed by atoms with Crippen LogP contribution in [0.1, 0.15) is 52.3 Å². The number of carbonyl (C=O) groups excluding carboxylic acids is 3. The van der Waals surface area contributed by atoms with Crippen molar-refractivity contribution in [2.45, 2.75) is 78.3 Å². The van der Waals surface area contributed by atoms with E-state index in [4.69, 9.17) is 16.3 Å². The zero-order chi connectivity index (χ0) is 31.5. The number of aryl methyl sites for hydroxylation is 1. The summed E-state index contributed by atoms with van der Waals surface area (Å²) in [7, 11) is 0. The molecular formula is C30H37ClN6O5S. The molecule has 0 aliphatic carbocycles. The number of hydrogen-bond acceptors (Lipinski definition) is 9. The zero-order valence-corrected chi connectivity index (χ0v) is 26.6. The fourth-order valence-corrected chi connectivity index (χ4v) is 5.69. The van der Waals surface area contributed by atoms with Crippen LogP contribution in [0.2, 0.25) is 5.28 Å². The first-order chi connectivity index (χ1) is 20.2. The molecule has 1 aliphatic heterocycles. The smallest absolute Gasteiger partial charge is 0.264 e. The quantitative estimate of drug-likeness (QED) is 0.305. The molecule has 0 radical (unpaired) electrons. The maximum atomic E-state index is 13.9. The van der Waals surface area contributed by atoms with Gasteiger partial charge < -0.3 is 25.4 Å². The van der Waals surface area contributed by atoms with E-state index in [2.05, 4.69) is 25.6 Å². The fraction of sp³-hybridized carbons (Fsp3) is 0.467. The van der Waals surface area contributed by atoms with Gasteiger partial charge in [0.05, 0.1) is 34.6 Å². The number of rotatable bonds is 9. The topological polar surface area (TPSA) is 147 Å². The number of amides is 3. The Morgan fingerprint density at radius 2 is 1.77 bits per heavy atom. The lowest BCUT2D eigenvalue weighted by Gasteiger charge is -2.37. The summed E-state index contributed by atoms with van der Waals surface area (Å²) in [6, 6.07) is 5.95. The number of aromatic nitrogens is 3. The molecule has 0 saturated carbocycles. The maximum absolute atomic E-state index is 13.9. The molecule has 3 N–H and O–H groups in total. The lowest BCUT2D eigenvalue weighted by molar-refractivity contribution is -0.146. The van der Waals surface area contributed by atoms with Gasteiger partial charge in [0.25, 0.3) is 5.91 Å². The van der Waals surface area contributed by atoms with Crippen LogP contribution in [0.25, 0.3) is 10.4 Å². The van der Waals surface area contributed by atoms with Crippen molar-refractivity contribution in [3.8, 4) is 16.2 Å². The van der Waals surface area contributed by atoms with Crippen molar-refractivity contribution in [3.63, 3.8) is 0 Å². The van der Waals surface area contributed by atoms with Crippen molar-refractivity contribution in [2.75, 3.05) is 6.54 Å². The van der Waals surface area contributed by atoms with Gasteiger partial charge in [-0.25, -0.2) is 15.0 Å². The number of nitrogens with one attached hydrogen (secondary N) is 2. The summed E-state index contributed by atoms with van der Waals surface area (Å²) in [4.78, 5) is 55.0. The van der Waals surface area contributed by atoms with E-state index in [1.54, 1.807) is 25.2 Å². The summed E-state index contributed by atoms with van der Waals surface area (Å²) in [5.74, 6) is -1.16. The molecule has 3 aromatic rings. The Morgan fingerprint density at radius 1 is 1.12 bits per heavy atom. The van der Waals surface area contributed by atoms with E-state index < -0.39 is 41.0 Å². The first kappa shape index (κ1) is 32.3. The van der Waals surface area contributed by atoms with Crippen molar-refractivity contribution in [3.05, 3.63) is 58.7 Å². The second-order valence-corrected chi connectivity index (χ2v) is 13.3. The van der Waals surface area contributed by atoms with Gasteiger partial charge in [-0.15, -0.1) is 11.3 Å². The van der Waals surface area contributed by atoms with Gasteiger partial charge in [-0.1, -0.05) is 45.0 Å². The third kappa shape index (κ3) is 7.87. The normalized spacial score (nSPS) is 17.8. The van der Waals surface area contributed by atoms with Crippen molar-refractivity contribution in [2.24, 2.45) is 5.41 Å². The van der Waals surface area contributed by atoms with E-state index in [9.17, 15) is 19.5 Å². The number of halogens is 1. The SMILES string of the molecule is Cc1ncsc1-c1ccc(CNC(=O)[C@@H]2C[C@@H](O)CN2C(=O)[C@@H](NC(=O)C(C)(C)Oc2cnc(Cl)nc2)C(C)(C)C)cc1. The second kappa shape index (κ2) is 12.9. The van der Waals surface area contributed by atoms with Gasteiger partial charge in [-0.2, -0.15) is 0 Å². The highest BCUT2D eigenvalue weighted by Gasteiger charge is 2.46. The Morgan fingerprint density at radius 3 is 2.35 bits per heavy atom. The third-order valence-electron chi connectivity index (χ3n) is 7.20. The van der Waals surface area contributed by atoms with Crippen LogP contribution in [0.3, 0.4) is 0 Å². The van der Waals surface area contributed by atoms with Crippen LogP contribution < -0.4 is 15.4 Å². The highest BCUT2D eigenvalue weighted by atomic mass is 35.5. The van der Waals surface area contributed by atoms with Crippen molar-refractivity contribution in [1.82, 2.24) is 30.5 Å². The number of likely N-dealkylation sites (tertiary alicyclic amines) is 1. The summed E-state index contributed by atoms with van der Waals surface area (Å²) in [6.07, 6.45) is 1.92. The Balaban J connectivity index is 1.43. The molecule has 13 heteroatoms. The number of nitrogens with zero attached hydrogens (tertiary/aromatic N) is 4. The van der Waals surface area contributed by atoms with Crippen LogP contribution in [0.15, 0.2) is 42.2 Å². The van der Waals surface area contributed by atoms with Crippen LogP contribution >= 0.6 is 22.9 Å². The summed E-state index contributed by atoms with van der Waals surface area (Å²) in [5.41, 5.74) is 2.60. The standard InChI is InChI=1S/C30H37ClN6O5S/c1-17-23(43-16-35-17)19-9-7-18(8-10-19)12-32-25(39)22-11-20(38)15-37(22)26(40)24(29(2,3)4)36-27(41)30(5,6)42-21-13-33-28(31)34-14-21/h7-10,13-14,16,20,22,24,38H,11-12,15H2,1-6H3,(H,32,39)(H,36,41)/t20-,22+,24-/m1/s1. The van der Waals surface area contributed by atoms with E-state index >= 15 is 0 Å². The number of benzene rings is 1. The number of carbonyl (C=O) groups is 3. The lowest BCUT2D eigenvalue weighted by Crippen LogP contribution is -2.61. The molecule has 43 heavy (non-hydrogen) atoms. The van der Waals surface area contributed by atoms with Crippen molar-refractivity contribution >= 4 is 40.7 Å². The molecule has 1 aromatic carbocycles. The van der Waals surface area contributed by atoms with Gasteiger partial charge in [-0.3, -0.25) is 14.4 Å². The molecule has 0 bridgehead atoms. The maximum Gasteiger partial charge on any atom is 0.264 e. The monoisotopic (exact) mass is 628 g/mol. The van der Waals surface area contributed by atoms with Gasteiger partial charge in [0.2, 0.25) is 17.1 Å². The molecule has 1 saturated heterocycles. The minimum absolute atomic E-state index is 0.0235. The number of thiazole rings is 1. The number of hydrogen-bond donors (Lipinski definition) is 3. The Labute approximate surface area is 260 Å². The molecule has 1 aliphatic rings. The Hall–Kier alpha value is -3.61. The number of aliphatic hydroxyl groups excluding tert-OH is 1. The fourth-order valence-electron chi connectivity index (χ4n) is 4.78. The number of ether oxygens (including phenoxy) is 1. The second-order valence-electron chi connectivity index (χ2n) is 12.2. The Kier molecular flexibility index (Phi) is 9.73. The first-order valence-corrected chi connectivity index (χ1v) is 15.1. The van der Waals surface area contributed by atoms with Crippen molar-refractivity contribution in [1.29, 1.82) is 0 Å². The van der Waals surface area contributed by atoms with Crippen LogP contribution in [0, 0.1) is 12.3 Å². The highest BCUT2D eigenvalue weighted by Crippen LogP contribution is 2.29. The molecule has 3 heterocycles. The van der Waals surface area contributed by atoms with E-state index in [0.29, 0.717) is 0 Å². The van der Waals surface area contributed by atoms with Gasteiger partial charge in [0.1, 0.15) is 12.1 Å². The van der Waals surface area contributed by atoms with Crippen LogP contribution in [0.4, 0.5) is 0 Å². The van der Waals surface area contributed by atoms with E-state index in [0.717, 1.165) is 21.7 Å². The molecule has 1 fully saturated rings. The Bertz CT molecular complexity index is 1450. The third-order valence-corrected chi connectivity index (χ3v) is 8.37. The van der Waals surface area contributed by atoms with E-state index in [-0.39, 0.29) is 36.5 Å². The van der Waals surface area contributed by atoms with Gasteiger partial charge >= 0.3 is 0 Å². The molecule has 11 nitrogen and oxygen atoms in total. The van der Waals surface area contributed by atoms with E-state index in [1.807, 2.05) is 57.5 Å². The molecule has 0 unspecified atom stereocenters. The predicted octanol–water partition coefficient (Wildman–Crippen LogP) is 3.53. The van der Waals surface area contributed by atoms with Gasteiger partial charge in [-0.05, 0) is 48.9 Å².